The van der Waals surface area contributed by atoms with Crippen LogP contribution in [0.15, 0.2) is 26.0 Å². The van der Waals surface area contributed by atoms with Crippen LogP contribution in [0.2, 0.25) is 0 Å². The molecule has 1 nitrogen and oxygen atoms in total. The molecule has 0 bridgehead atoms. The van der Waals surface area contributed by atoms with Crippen LogP contribution in [0.4, 0.5) is 8.78 Å². The second kappa shape index (κ2) is 4.61. The summed E-state index contributed by atoms with van der Waals surface area (Å²) in [4.78, 5) is 0.532. The standard InChI is InChI=1S/C7H4Br2F2OS/c8-3-1-4(12-7(10)11)6(9)5(13)2-3/h1-2,7,13H. The third kappa shape index (κ3) is 3.11. The van der Waals surface area contributed by atoms with Crippen molar-refractivity contribution >= 4 is 44.5 Å². The molecule has 1 aromatic carbocycles. The molecule has 72 valence electrons. The van der Waals surface area contributed by atoms with Gasteiger partial charge in [-0.3, -0.25) is 0 Å². The van der Waals surface area contributed by atoms with E-state index in [9.17, 15) is 8.78 Å². The Kier molecular flexibility index (Phi) is 4.00. The number of alkyl halides is 2. The molecule has 0 heterocycles. The van der Waals surface area contributed by atoms with E-state index < -0.39 is 6.61 Å². The van der Waals surface area contributed by atoms with Crippen LogP contribution in [0, 0.1) is 0 Å². The highest BCUT2D eigenvalue weighted by atomic mass is 79.9. The van der Waals surface area contributed by atoms with Gasteiger partial charge in [0.2, 0.25) is 0 Å². The van der Waals surface area contributed by atoms with Crippen LogP contribution in [0.3, 0.4) is 0 Å². The zero-order chi connectivity index (χ0) is 10.0. The largest absolute Gasteiger partial charge is 0.434 e. The summed E-state index contributed by atoms with van der Waals surface area (Å²) in [5.41, 5.74) is 0. The predicted octanol–water partition coefficient (Wildman–Crippen LogP) is 4.10. The lowest BCUT2D eigenvalue weighted by Crippen LogP contribution is -2.02. The van der Waals surface area contributed by atoms with E-state index in [4.69, 9.17) is 0 Å². The number of hydrogen-bond donors (Lipinski definition) is 1. The van der Waals surface area contributed by atoms with Crippen molar-refractivity contribution in [3.63, 3.8) is 0 Å². The lowest BCUT2D eigenvalue weighted by molar-refractivity contribution is -0.0505. The molecule has 0 aliphatic heterocycles. The second-order valence-electron chi connectivity index (χ2n) is 2.12. The summed E-state index contributed by atoms with van der Waals surface area (Å²) >= 11 is 10.3. The van der Waals surface area contributed by atoms with Gasteiger partial charge in [0, 0.05) is 9.37 Å². The molecule has 6 heteroatoms. The van der Waals surface area contributed by atoms with Gasteiger partial charge in [0.25, 0.3) is 0 Å². The van der Waals surface area contributed by atoms with Gasteiger partial charge in [0.1, 0.15) is 5.75 Å². The molecule has 0 unspecified atom stereocenters. The number of benzene rings is 1. The van der Waals surface area contributed by atoms with Crippen LogP contribution in [0.25, 0.3) is 0 Å². The Balaban J connectivity index is 3.05. The molecule has 0 atom stereocenters. The highest BCUT2D eigenvalue weighted by Gasteiger charge is 2.11. The minimum Gasteiger partial charge on any atom is -0.434 e. The van der Waals surface area contributed by atoms with Crippen LogP contribution in [-0.2, 0) is 0 Å². The first-order chi connectivity index (χ1) is 6.00. The van der Waals surface area contributed by atoms with Gasteiger partial charge >= 0.3 is 6.61 Å². The van der Waals surface area contributed by atoms with Crippen molar-refractivity contribution in [2.24, 2.45) is 0 Å². The molecule has 0 amide bonds. The summed E-state index contributed by atoms with van der Waals surface area (Å²) in [6.07, 6.45) is 0. The summed E-state index contributed by atoms with van der Waals surface area (Å²) < 4.78 is 29.1. The molecular weight excluding hydrogens is 330 g/mol. The Morgan fingerprint density at radius 3 is 2.46 bits per heavy atom. The number of hydrogen-bond acceptors (Lipinski definition) is 2. The van der Waals surface area contributed by atoms with Crippen LogP contribution in [0.1, 0.15) is 0 Å². The molecule has 0 aliphatic carbocycles. The minimum atomic E-state index is -2.83. The predicted molar refractivity (Wildman–Crippen MR) is 55.7 cm³/mol. The fourth-order valence-electron chi connectivity index (χ4n) is 0.732. The van der Waals surface area contributed by atoms with E-state index >= 15 is 0 Å². The molecule has 13 heavy (non-hydrogen) atoms. The smallest absolute Gasteiger partial charge is 0.387 e. The van der Waals surface area contributed by atoms with Gasteiger partial charge in [-0.25, -0.2) is 0 Å². The van der Waals surface area contributed by atoms with Crippen molar-refractivity contribution in [1.82, 2.24) is 0 Å². The SMILES string of the molecule is FC(F)Oc1cc(Br)cc(S)c1Br. The van der Waals surface area contributed by atoms with Crippen LogP contribution >= 0.6 is 44.5 Å². The van der Waals surface area contributed by atoms with E-state index in [2.05, 4.69) is 49.2 Å². The fraction of sp³-hybridized carbons (Fsp3) is 0.143. The van der Waals surface area contributed by atoms with Crippen LogP contribution < -0.4 is 4.74 Å². The number of thiol groups is 1. The third-order valence-corrected chi connectivity index (χ3v) is 3.14. The fourth-order valence-corrected chi connectivity index (χ4v) is 1.92. The molecule has 0 aliphatic rings. The topological polar surface area (TPSA) is 9.23 Å². The first-order valence-corrected chi connectivity index (χ1v) is 5.17. The molecule has 0 N–H and O–H groups in total. The first kappa shape index (κ1) is 11.3. The van der Waals surface area contributed by atoms with E-state index in [1.54, 1.807) is 6.07 Å². The molecule has 1 aromatic rings. The van der Waals surface area contributed by atoms with Crippen molar-refractivity contribution in [2.75, 3.05) is 0 Å². The summed E-state index contributed by atoms with van der Waals surface area (Å²) in [5, 5.41) is 0. The van der Waals surface area contributed by atoms with Gasteiger partial charge in [-0.1, -0.05) is 15.9 Å². The quantitative estimate of drug-likeness (QED) is 0.802. The first-order valence-electron chi connectivity index (χ1n) is 3.13. The van der Waals surface area contributed by atoms with Crippen molar-refractivity contribution in [1.29, 1.82) is 0 Å². The van der Waals surface area contributed by atoms with Crippen LogP contribution in [0.5, 0.6) is 5.75 Å². The third-order valence-electron chi connectivity index (χ3n) is 1.20. The van der Waals surface area contributed by atoms with Crippen molar-refractivity contribution < 1.29 is 13.5 Å². The zero-order valence-corrected chi connectivity index (χ0v) is 10.2. The number of ether oxygens (including phenoxy) is 1. The summed E-state index contributed by atoms with van der Waals surface area (Å²) in [6, 6.07) is 3.11. The zero-order valence-electron chi connectivity index (χ0n) is 6.10. The van der Waals surface area contributed by atoms with E-state index in [1.807, 2.05) is 0 Å². The Labute approximate surface area is 96.1 Å². The Bertz CT molecular complexity index is 320. The van der Waals surface area contributed by atoms with Crippen LogP contribution in [-0.4, -0.2) is 6.61 Å². The average Bonchev–Trinajstić information content (AvgIpc) is 1.98. The summed E-state index contributed by atoms with van der Waals surface area (Å²) in [7, 11) is 0. The molecule has 0 saturated heterocycles. The van der Waals surface area contributed by atoms with Gasteiger partial charge in [-0.2, -0.15) is 8.78 Å². The van der Waals surface area contributed by atoms with Gasteiger partial charge in [-0.15, -0.1) is 12.6 Å². The highest BCUT2D eigenvalue weighted by Crippen LogP contribution is 2.35. The molecule has 0 radical (unpaired) electrons. The van der Waals surface area contributed by atoms with E-state index in [0.29, 0.717) is 13.8 Å². The molecule has 0 aromatic heterocycles. The van der Waals surface area contributed by atoms with E-state index in [-0.39, 0.29) is 5.75 Å². The molecule has 0 saturated carbocycles. The highest BCUT2D eigenvalue weighted by molar-refractivity contribution is 9.11. The van der Waals surface area contributed by atoms with Crippen molar-refractivity contribution in [3.05, 3.63) is 21.1 Å². The van der Waals surface area contributed by atoms with E-state index in [1.165, 1.54) is 6.07 Å². The number of halogens is 4. The number of rotatable bonds is 2. The molecule has 0 spiro atoms. The summed E-state index contributed by atoms with van der Waals surface area (Å²) in [5.74, 6) is 0.0642. The Hall–Kier alpha value is 0.190. The maximum absolute atomic E-state index is 11.9. The maximum Gasteiger partial charge on any atom is 0.387 e. The van der Waals surface area contributed by atoms with Gasteiger partial charge in [0.15, 0.2) is 0 Å². The van der Waals surface area contributed by atoms with Gasteiger partial charge in [-0.05, 0) is 28.1 Å². The van der Waals surface area contributed by atoms with Crippen molar-refractivity contribution in [2.45, 2.75) is 11.5 Å². The van der Waals surface area contributed by atoms with Crippen molar-refractivity contribution in [3.8, 4) is 5.75 Å². The Morgan fingerprint density at radius 2 is 1.92 bits per heavy atom. The monoisotopic (exact) mass is 332 g/mol. The lowest BCUT2D eigenvalue weighted by Gasteiger charge is -2.08. The average molecular weight is 334 g/mol. The lowest BCUT2D eigenvalue weighted by atomic mass is 10.3. The van der Waals surface area contributed by atoms with Gasteiger partial charge < -0.3 is 4.74 Å². The maximum atomic E-state index is 11.9. The second-order valence-corrected chi connectivity index (χ2v) is 4.31. The molecule has 1 rings (SSSR count). The Morgan fingerprint density at radius 1 is 1.31 bits per heavy atom. The molecular formula is C7H4Br2F2OS. The minimum absolute atomic E-state index is 0.0642. The molecule has 0 fully saturated rings. The summed E-state index contributed by atoms with van der Waals surface area (Å²) in [6.45, 7) is -2.83. The normalized spacial score (nSPS) is 10.6. The van der Waals surface area contributed by atoms with E-state index in [0.717, 1.165) is 0 Å². The van der Waals surface area contributed by atoms with Gasteiger partial charge in [0.05, 0.1) is 4.47 Å².